The highest BCUT2D eigenvalue weighted by Crippen LogP contribution is 2.16. The summed E-state index contributed by atoms with van der Waals surface area (Å²) >= 11 is 0. The summed E-state index contributed by atoms with van der Waals surface area (Å²) < 4.78 is 7.11. The van der Waals surface area contributed by atoms with Crippen molar-refractivity contribution in [3.05, 3.63) is 30.1 Å². The van der Waals surface area contributed by atoms with E-state index in [4.69, 9.17) is 9.84 Å². The molecule has 0 bridgehead atoms. The van der Waals surface area contributed by atoms with E-state index in [1.54, 1.807) is 6.92 Å². The molecule has 2 aromatic rings. The highest BCUT2D eigenvalue weighted by atomic mass is 16.5. The van der Waals surface area contributed by atoms with Gasteiger partial charge in [0, 0.05) is 6.61 Å². The number of fused-ring (bicyclic) bond motifs is 1. The third-order valence-electron chi connectivity index (χ3n) is 2.84. The number of carboxylic acid groups (broad SMARTS) is 1. The minimum Gasteiger partial charge on any atom is -0.479 e. The lowest BCUT2D eigenvalue weighted by Gasteiger charge is -2.14. The lowest BCUT2D eigenvalue weighted by Crippen LogP contribution is -2.29. The molecule has 0 amide bonds. The number of carbonyl (C=O) groups is 1. The van der Waals surface area contributed by atoms with Gasteiger partial charge in [0.25, 0.3) is 0 Å². The van der Waals surface area contributed by atoms with Crippen molar-refractivity contribution in [1.82, 2.24) is 9.55 Å². The van der Waals surface area contributed by atoms with Gasteiger partial charge in [0.15, 0.2) is 6.10 Å². The largest absolute Gasteiger partial charge is 0.479 e. The molecule has 0 aliphatic heterocycles. The minimum atomic E-state index is -0.950. The van der Waals surface area contributed by atoms with Gasteiger partial charge in [-0.15, -0.1) is 0 Å². The lowest BCUT2D eigenvalue weighted by molar-refractivity contribution is -0.150. The minimum absolute atomic E-state index is 0.273. The number of nitrogens with zero attached hydrogens (tertiary/aromatic N) is 2. The summed E-state index contributed by atoms with van der Waals surface area (Å²) in [6.07, 6.45) is -0.841. The summed E-state index contributed by atoms with van der Waals surface area (Å²) in [6, 6.07) is 7.67. The molecule has 0 radical (unpaired) electrons. The van der Waals surface area contributed by atoms with Crippen LogP contribution in [0.5, 0.6) is 0 Å². The van der Waals surface area contributed by atoms with Gasteiger partial charge in [-0.05, 0) is 26.0 Å². The maximum atomic E-state index is 11.1. The molecule has 18 heavy (non-hydrogen) atoms. The molecule has 96 valence electrons. The van der Waals surface area contributed by atoms with E-state index in [2.05, 4.69) is 4.98 Å². The maximum absolute atomic E-state index is 11.1. The Morgan fingerprint density at radius 2 is 2.22 bits per heavy atom. The van der Waals surface area contributed by atoms with Gasteiger partial charge < -0.3 is 14.4 Å². The second-order valence-electron chi connectivity index (χ2n) is 4.04. The number of ether oxygens (including phenoxy) is 1. The number of aryl methyl sites for hydroxylation is 1. The number of benzene rings is 1. The predicted molar refractivity (Wildman–Crippen MR) is 67.5 cm³/mol. The van der Waals surface area contributed by atoms with Crippen LogP contribution < -0.4 is 0 Å². The number of aromatic nitrogens is 2. The zero-order valence-corrected chi connectivity index (χ0v) is 10.5. The maximum Gasteiger partial charge on any atom is 0.334 e. The second-order valence-corrected chi connectivity index (χ2v) is 4.04. The number of aliphatic carboxylic acids is 1. The molecule has 0 spiro atoms. The van der Waals surface area contributed by atoms with Crippen LogP contribution in [0.2, 0.25) is 0 Å². The fourth-order valence-electron chi connectivity index (χ4n) is 2.00. The first-order valence-electron chi connectivity index (χ1n) is 5.89. The van der Waals surface area contributed by atoms with Gasteiger partial charge in [0.2, 0.25) is 0 Å². The Morgan fingerprint density at radius 3 is 2.89 bits per heavy atom. The molecule has 1 aromatic carbocycles. The fourth-order valence-corrected chi connectivity index (χ4v) is 2.00. The molecule has 0 saturated heterocycles. The molecule has 0 fully saturated rings. The van der Waals surface area contributed by atoms with E-state index in [-0.39, 0.29) is 6.54 Å². The third kappa shape index (κ3) is 2.36. The molecule has 5 nitrogen and oxygen atoms in total. The van der Waals surface area contributed by atoms with Crippen molar-refractivity contribution in [3.8, 4) is 0 Å². The molecular formula is C13H16N2O3. The van der Waals surface area contributed by atoms with Gasteiger partial charge in [-0.25, -0.2) is 9.78 Å². The number of carboxylic acids is 1. The molecule has 1 N–H and O–H groups in total. The van der Waals surface area contributed by atoms with Gasteiger partial charge in [-0.2, -0.15) is 0 Å². The smallest absolute Gasteiger partial charge is 0.334 e. The molecule has 0 saturated carbocycles. The first kappa shape index (κ1) is 12.6. The van der Waals surface area contributed by atoms with Crippen LogP contribution in [-0.2, 0) is 16.1 Å². The van der Waals surface area contributed by atoms with E-state index < -0.39 is 12.1 Å². The summed E-state index contributed by atoms with van der Waals surface area (Å²) in [5.41, 5.74) is 1.80. The highest BCUT2D eigenvalue weighted by molar-refractivity contribution is 5.77. The SMILES string of the molecule is CCOC(Cn1c(C)nc2ccccc21)C(=O)O. The van der Waals surface area contributed by atoms with Gasteiger partial charge >= 0.3 is 5.97 Å². The van der Waals surface area contributed by atoms with E-state index in [0.717, 1.165) is 16.9 Å². The molecule has 0 aliphatic carbocycles. The van der Waals surface area contributed by atoms with Crippen LogP contribution in [0.4, 0.5) is 0 Å². The molecule has 1 unspecified atom stereocenters. The average molecular weight is 248 g/mol. The van der Waals surface area contributed by atoms with Crippen molar-refractivity contribution in [2.45, 2.75) is 26.5 Å². The Morgan fingerprint density at radius 1 is 1.50 bits per heavy atom. The molecule has 1 aromatic heterocycles. The van der Waals surface area contributed by atoms with Crippen LogP contribution in [0.1, 0.15) is 12.7 Å². The Balaban J connectivity index is 2.35. The molecule has 1 atom stereocenters. The van der Waals surface area contributed by atoms with Crippen LogP contribution in [0.15, 0.2) is 24.3 Å². The standard InChI is InChI=1S/C13H16N2O3/c1-3-18-12(13(16)17)8-15-9(2)14-10-6-4-5-7-11(10)15/h4-7,12H,3,8H2,1-2H3,(H,16,17). The molecule has 1 heterocycles. The van der Waals surface area contributed by atoms with Crippen molar-refractivity contribution in [3.63, 3.8) is 0 Å². The number of para-hydroxylation sites is 2. The average Bonchev–Trinajstić information content (AvgIpc) is 2.65. The van der Waals surface area contributed by atoms with Crippen molar-refractivity contribution in [1.29, 1.82) is 0 Å². The quantitative estimate of drug-likeness (QED) is 0.876. The summed E-state index contributed by atoms with van der Waals surface area (Å²) in [6.45, 7) is 4.30. The van der Waals surface area contributed by atoms with Crippen molar-refractivity contribution >= 4 is 17.0 Å². The van der Waals surface area contributed by atoms with Crippen molar-refractivity contribution in [2.24, 2.45) is 0 Å². The zero-order valence-electron chi connectivity index (χ0n) is 10.5. The zero-order chi connectivity index (χ0) is 13.1. The Hall–Kier alpha value is -1.88. The fraction of sp³-hybridized carbons (Fsp3) is 0.385. The first-order valence-corrected chi connectivity index (χ1v) is 5.89. The van der Waals surface area contributed by atoms with Gasteiger partial charge in [-0.3, -0.25) is 0 Å². The summed E-state index contributed by atoms with van der Waals surface area (Å²) in [5.74, 6) is -0.156. The van der Waals surface area contributed by atoms with E-state index in [1.165, 1.54) is 0 Å². The number of rotatable bonds is 5. The monoisotopic (exact) mass is 248 g/mol. The van der Waals surface area contributed by atoms with E-state index in [9.17, 15) is 4.79 Å². The van der Waals surface area contributed by atoms with E-state index in [1.807, 2.05) is 35.8 Å². The number of imidazole rings is 1. The molecular weight excluding hydrogens is 232 g/mol. The van der Waals surface area contributed by atoms with Crippen LogP contribution in [0.3, 0.4) is 0 Å². The van der Waals surface area contributed by atoms with Crippen LogP contribution >= 0.6 is 0 Å². The highest BCUT2D eigenvalue weighted by Gasteiger charge is 2.20. The molecule has 2 rings (SSSR count). The van der Waals surface area contributed by atoms with Gasteiger partial charge in [-0.1, -0.05) is 12.1 Å². The third-order valence-corrected chi connectivity index (χ3v) is 2.84. The summed E-state index contributed by atoms with van der Waals surface area (Å²) in [4.78, 5) is 15.5. The van der Waals surface area contributed by atoms with Gasteiger partial charge in [0.05, 0.1) is 17.6 Å². The van der Waals surface area contributed by atoms with Crippen molar-refractivity contribution in [2.75, 3.05) is 6.61 Å². The van der Waals surface area contributed by atoms with Crippen LogP contribution in [0.25, 0.3) is 11.0 Å². The number of hydrogen-bond donors (Lipinski definition) is 1. The summed E-state index contributed by atoms with van der Waals surface area (Å²) in [7, 11) is 0. The predicted octanol–water partition coefficient (Wildman–Crippen LogP) is 1.83. The van der Waals surface area contributed by atoms with Crippen LogP contribution in [-0.4, -0.2) is 33.3 Å². The Labute approximate surface area is 105 Å². The Bertz CT molecular complexity index is 562. The number of hydrogen-bond acceptors (Lipinski definition) is 3. The molecule has 5 heteroatoms. The lowest BCUT2D eigenvalue weighted by atomic mass is 10.3. The topological polar surface area (TPSA) is 64.4 Å². The van der Waals surface area contributed by atoms with E-state index >= 15 is 0 Å². The van der Waals surface area contributed by atoms with Crippen LogP contribution in [0, 0.1) is 6.92 Å². The normalized spacial score (nSPS) is 12.8. The second kappa shape index (κ2) is 5.18. The first-order chi connectivity index (χ1) is 8.63. The summed E-state index contributed by atoms with van der Waals surface area (Å²) in [5, 5.41) is 9.11. The van der Waals surface area contributed by atoms with Crippen molar-refractivity contribution < 1.29 is 14.6 Å². The Kier molecular flexibility index (Phi) is 3.62. The van der Waals surface area contributed by atoms with E-state index in [0.29, 0.717) is 6.61 Å². The molecule has 0 aliphatic rings. The van der Waals surface area contributed by atoms with Gasteiger partial charge in [0.1, 0.15) is 5.82 Å².